The number of hydrogen-bond donors (Lipinski definition) is 1. The van der Waals surface area contributed by atoms with Gasteiger partial charge < -0.3 is 10.0 Å². The number of phenols is 1. The molecular formula is C11H10BrClN2O4. The normalized spacial score (nSPS) is 18.9. The SMILES string of the molecule is O=C1CC(CBr)CN1c1cc(Cl)cc([N+](=O)[O-])c1O. The molecule has 1 aliphatic heterocycles. The fraction of sp³-hybridized carbons (Fsp3) is 0.364. The lowest BCUT2D eigenvalue weighted by Crippen LogP contribution is -2.24. The van der Waals surface area contributed by atoms with Crippen LogP contribution in [0.3, 0.4) is 0 Å². The van der Waals surface area contributed by atoms with E-state index < -0.39 is 16.4 Å². The van der Waals surface area contributed by atoms with E-state index in [2.05, 4.69) is 15.9 Å². The number of benzene rings is 1. The van der Waals surface area contributed by atoms with E-state index in [-0.39, 0.29) is 22.5 Å². The van der Waals surface area contributed by atoms with Crippen molar-refractivity contribution in [2.24, 2.45) is 5.92 Å². The van der Waals surface area contributed by atoms with Gasteiger partial charge in [0.15, 0.2) is 0 Å². The average molecular weight is 350 g/mol. The summed E-state index contributed by atoms with van der Waals surface area (Å²) >= 11 is 9.10. The molecular weight excluding hydrogens is 339 g/mol. The van der Waals surface area contributed by atoms with Crippen LogP contribution in [-0.4, -0.2) is 27.8 Å². The monoisotopic (exact) mass is 348 g/mol. The molecule has 102 valence electrons. The van der Waals surface area contributed by atoms with E-state index in [1.807, 2.05) is 0 Å². The Balaban J connectivity index is 2.45. The van der Waals surface area contributed by atoms with Gasteiger partial charge in [0.05, 0.1) is 10.6 Å². The summed E-state index contributed by atoms with van der Waals surface area (Å²) in [5, 5.41) is 21.5. The lowest BCUT2D eigenvalue weighted by Gasteiger charge is -2.18. The van der Waals surface area contributed by atoms with Crippen LogP contribution in [0.25, 0.3) is 0 Å². The summed E-state index contributed by atoms with van der Waals surface area (Å²) in [6, 6.07) is 2.42. The third-order valence-corrected chi connectivity index (χ3v) is 4.08. The Morgan fingerprint density at radius 1 is 1.58 bits per heavy atom. The van der Waals surface area contributed by atoms with Crippen molar-refractivity contribution >= 4 is 44.8 Å². The van der Waals surface area contributed by atoms with Gasteiger partial charge in [0.2, 0.25) is 11.7 Å². The summed E-state index contributed by atoms with van der Waals surface area (Å²) in [4.78, 5) is 23.3. The third kappa shape index (κ3) is 2.66. The van der Waals surface area contributed by atoms with Crippen molar-refractivity contribution in [2.45, 2.75) is 6.42 Å². The van der Waals surface area contributed by atoms with Crippen LogP contribution in [-0.2, 0) is 4.79 Å². The van der Waals surface area contributed by atoms with E-state index in [1.54, 1.807) is 0 Å². The molecule has 1 aromatic rings. The van der Waals surface area contributed by atoms with Crippen LogP contribution in [0, 0.1) is 16.0 Å². The molecule has 2 rings (SSSR count). The number of halogens is 2. The first kappa shape index (κ1) is 14.1. The maximum atomic E-state index is 11.9. The summed E-state index contributed by atoms with van der Waals surface area (Å²) in [5.74, 6) is -0.598. The Hall–Kier alpha value is -1.34. The maximum Gasteiger partial charge on any atom is 0.314 e. The number of hydrogen-bond acceptors (Lipinski definition) is 4. The van der Waals surface area contributed by atoms with E-state index in [4.69, 9.17) is 11.6 Å². The number of carbonyl (C=O) groups excluding carboxylic acids is 1. The van der Waals surface area contributed by atoms with Gasteiger partial charge >= 0.3 is 5.69 Å². The number of carbonyl (C=O) groups is 1. The van der Waals surface area contributed by atoms with Gasteiger partial charge in [-0.05, 0) is 12.0 Å². The number of amides is 1. The highest BCUT2D eigenvalue weighted by Crippen LogP contribution is 2.41. The van der Waals surface area contributed by atoms with Crippen molar-refractivity contribution in [3.05, 3.63) is 27.3 Å². The van der Waals surface area contributed by atoms with Gasteiger partial charge in [0.1, 0.15) is 0 Å². The maximum absolute atomic E-state index is 11.9. The molecule has 0 spiro atoms. The number of alkyl halides is 1. The summed E-state index contributed by atoms with van der Waals surface area (Å²) in [6.45, 7) is 0.398. The second-order valence-corrected chi connectivity index (χ2v) is 5.36. The van der Waals surface area contributed by atoms with E-state index in [1.165, 1.54) is 11.0 Å². The fourth-order valence-corrected chi connectivity index (χ4v) is 2.67. The molecule has 0 radical (unpaired) electrons. The third-order valence-electron chi connectivity index (χ3n) is 2.95. The Labute approximate surface area is 122 Å². The van der Waals surface area contributed by atoms with Crippen LogP contribution in [0.15, 0.2) is 12.1 Å². The van der Waals surface area contributed by atoms with Gasteiger partial charge in [-0.1, -0.05) is 27.5 Å². The molecule has 1 fully saturated rings. The molecule has 1 aliphatic rings. The van der Waals surface area contributed by atoms with Crippen molar-refractivity contribution in [1.29, 1.82) is 0 Å². The van der Waals surface area contributed by atoms with Gasteiger partial charge in [0, 0.05) is 29.4 Å². The number of aromatic hydroxyl groups is 1. The van der Waals surface area contributed by atoms with Crippen molar-refractivity contribution < 1.29 is 14.8 Å². The van der Waals surface area contributed by atoms with E-state index >= 15 is 0 Å². The zero-order valence-electron chi connectivity index (χ0n) is 9.68. The number of nitrogens with zero attached hydrogens (tertiary/aromatic N) is 2. The van der Waals surface area contributed by atoms with Crippen molar-refractivity contribution in [2.75, 3.05) is 16.8 Å². The molecule has 1 saturated heterocycles. The smallest absolute Gasteiger partial charge is 0.314 e. The molecule has 0 bridgehead atoms. The lowest BCUT2D eigenvalue weighted by atomic mass is 10.2. The molecule has 1 N–H and O–H groups in total. The Morgan fingerprint density at radius 3 is 2.79 bits per heavy atom. The summed E-state index contributed by atoms with van der Waals surface area (Å²) in [6.07, 6.45) is 0.338. The van der Waals surface area contributed by atoms with Crippen LogP contribution in [0.1, 0.15) is 6.42 Å². The second-order valence-electron chi connectivity index (χ2n) is 4.28. The topological polar surface area (TPSA) is 83.7 Å². The number of rotatable bonds is 3. The Bertz CT molecular complexity index is 552. The zero-order valence-corrected chi connectivity index (χ0v) is 12.0. The predicted octanol–water partition coefficient (Wildman–Crippen LogP) is 2.70. The first-order valence-electron chi connectivity index (χ1n) is 5.47. The summed E-state index contributed by atoms with van der Waals surface area (Å²) in [7, 11) is 0. The summed E-state index contributed by atoms with van der Waals surface area (Å²) in [5.41, 5.74) is -0.412. The highest BCUT2D eigenvalue weighted by atomic mass is 79.9. The first-order valence-corrected chi connectivity index (χ1v) is 6.97. The van der Waals surface area contributed by atoms with Gasteiger partial charge in [-0.3, -0.25) is 14.9 Å². The standard InChI is InChI=1S/C11H10BrClN2O4/c12-4-6-1-10(16)14(5-6)8-2-7(13)3-9(11(8)17)15(18)19/h2-3,6,17H,1,4-5H2. The Kier molecular flexibility index (Phi) is 3.96. The van der Waals surface area contributed by atoms with E-state index in [0.717, 1.165) is 6.07 Å². The number of nitro groups is 1. The highest BCUT2D eigenvalue weighted by Gasteiger charge is 2.33. The molecule has 1 unspecified atom stereocenters. The minimum absolute atomic E-state index is 0.0904. The van der Waals surface area contributed by atoms with Crippen LogP contribution in [0.4, 0.5) is 11.4 Å². The molecule has 19 heavy (non-hydrogen) atoms. The minimum Gasteiger partial charge on any atom is -0.501 e. The molecule has 6 nitrogen and oxygen atoms in total. The first-order chi connectivity index (χ1) is 8.93. The molecule has 1 aromatic carbocycles. The molecule has 1 amide bonds. The van der Waals surface area contributed by atoms with E-state index in [9.17, 15) is 20.0 Å². The second kappa shape index (κ2) is 5.34. The van der Waals surface area contributed by atoms with Gasteiger partial charge in [0.25, 0.3) is 0 Å². The highest BCUT2D eigenvalue weighted by molar-refractivity contribution is 9.09. The number of nitro benzene ring substituents is 1. The molecule has 1 atom stereocenters. The fourth-order valence-electron chi connectivity index (χ4n) is 2.03. The van der Waals surface area contributed by atoms with Gasteiger partial charge in [-0.2, -0.15) is 0 Å². The van der Waals surface area contributed by atoms with Gasteiger partial charge in [-0.25, -0.2) is 0 Å². The number of phenolic OH excluding ortho intramolecular Hbond substituents is 1. The van der Waals surface area contributed by atoms with Crippen LogP contribution in [0.5, 0.6) is 5.75 Å². The quantitative estimate of drug-likeness (QED) is 0.516. The summed E-state index contributed by atoms with van der Waals surface area (Å²) < 4.78 is 0. The van der Waals surface area contributed by atoms with Crippen molar-refractivity contribution in [3.63, 3.8) is 0 Å². The lowest BCUT2D eigenvalue weighted by molar-refractivity contribution is -0.385. The average Bonchev–Trinajstić information content (AvgIpc) is 2.72. The molecule has 1 heterocycles. The van der Waals surface area contributed by atoms with Crippen molar-refractivity contribution in [1.82, 2.24) is 0 Å². The van der Waals surface area contributed by atoms with Crippen LogP contribution < -0.4 is 4.90 Å². The van der Waals surface area contributed by atoms with Crippen LogP contribution in [0.2, 0.25) is 5.02 Å². The molecule has 0 aromatic heterocycles. The largest absolute Gasteiger partial charge is 0.501 e. The zero-order chi connectivity index (χ0) is 14.2. The predicted molar refractivity (Wildman–Crippen MR) is 74.0 cm³/mol. The van der Waals surface area contributed by atoms with Crippen molar-refractivity contribution in [3.8, 4) is 5.75 Å². The van der Waals surface area contributed by atoms with Gasteiger partial charge in [-0.15, -0.1) is 0 Å². The minimum atomic E-state index is -0.729. The van der Waals surface area contributed by atoms with E-state index in [0.29, 0.717) is 18.3 Å². The number of anilines is 1. The van der Waals surface area contributed by atoms with Crippen LogP contribution >= 0.6 is 27.5 Å². The molecule has 0 aliphatic carbocycles. The molecule has 8 heteroatoms. The Morgan fingerprint density at radius 2 is 2.26 bits per heavy atom. The molecule has 0 saturated carbocycles.